The molecule has 8 heteroatoms. The molecule has 27 heavy (non-hydrogen) atoms. The number of aromatic nitrogens is 4. The van der Waals surface area contributed by atoms with Crippen LogP contribution in [0.3, 0.4) is 0 Å². The van der Waals surface area contributed by atoms with Crippen molar-refractivity contribution >= 4 is 11.6 Å². The van der Waals surface area contributed by atoms with Gasteiger partial charge < -0.3 is 15.1 Å². The number of fused-ring (bicyclic) bond motifs is 1. The molecule has 3 aromatic rings. The highest BCUT2D eigenvalue weighted by molar-refractivity contribution is 5.79. The van der Waals surface area contributed by atoms with E-state index in [0.29, 0.717) is 12.4 Å². The fourth-order valence-corrected chi connectivity index (χ4v) is 2.63. The molecule has 0 unspecified atom stereocenters. The summed E-state index contributed by atoms with van der Waals surface area (Å²) in [6, 6.07) is 5.90. The molecule has 0 spiro atoms. The van der Waals surface area contributed by atoms with Crippen LogP contribution in [0.4, 0.5) is 0 Å². The molecule has 2 N–H and O–H groups in total. The minimum Gasteiger partial charge on any atom is -0.443 e. The molecule has 0 atom stereocenters. The third-order valence-electron chi connectivity index (χ3n) is 4.18. The van der Waals surface area contributed by atoms with Gasteiger partial charge in [0.15, 0.2) is 11.6 Å². The lowest BCUT2D eigenvalue weighted by atomic mass is 9.94. The number of rotatable bonds is 6. The first-order valence-electron chi connectivity index (χ1n) is 9.16. The summed E-state index contributed by atoms with van der Waals surface area (Å²) in [5.41, 5.74) is 0.829. The van der Waals surface area contributed by atoms with E-state index >= 15 is 0 Å². The second-order valence-corrected chi connectivity index (χ2v) is 7.37. The Labute approximate surface area is 159 Å². The molecule has 0 fully saturated rings. The molecule has 0 aliphatic carbocycles. The van der Waals surface area contributed by atoms with Crippen LogP contribution >= 0.6 is 0 Å². The second-order valence-electron chi connectivity index (χ2n) is 7.37. The number of oxazole rings is 1. The van der Waals surface area contributed by atoms with Gasteiger partial charge >= 0.3 is 0 Å². The molecule has 144 valence electrons. The first kappa shape index (κ1) is 18.9. The monoisotopic (exact) mass is 369 g/mol. The largest absolute Gasteiger partial charge is 0.443 e. The van der Waals surface area contributed by atoms with Gasteiger partial charge in [0.2, 0.25) is 5.89 Å². The van der Waals surface area contributed by atoms with E-state index in [-0.39, 0.29) is 5.41 Å². The van der Waals surface area contributed by atoms with Crippen molar-refractivity contribution in [2.45, 2.75) is 45.6 Å². The first-order valence-corrected chi connectivity index (χ1v) is 9.16. The zero-order chi connectivity index (χ0) is 19.3. The van der Waals surface area contributed by atoms with Gasteiger partial charge in [0, 0.05) is 31.6 Å². The molecule has 0 radical (unpaired) electrons. The minimum absolute atomic E-state index is 0.0446. The van der Waals surface area contributed by atoms with Gasteiger partial charge in [-0.05, 0) is 18.6 Å². The van der Waals surface area contributed by atoms with E-state index in [2.05, 4.69) is 51.6 Å². The SMILES string of the molecule is CN=C(NCCCc1nnc2ccccn12)NCc1ncc(C(C)(C)C)o1. The summed E-state index contributed by atoms with van der Waals surface area (Å²) in [4.78, 5) is 8.55. The van der Waals surface area contributed by atoms with Crippen molar-refractivity contribution in [1.29, 1.82) is 0 Å². The van der Waals surface area contributed by atoms with Crippen LogP contribution in [0.25, 0.3) is 5.65 Å². The van der Waals surface area contributed by atoms with Crippen molar-refractivity contribution in [2.24, 2.45) is 4.99 Å². The average molecular weight is 369 g/mol. The summed E-state index contributed by atoms with van der Waals surface area (Å²) in [5, 5.41) is 14.9. The lowest BCUT2D eigenvalue weighted by Crippen LogP contribution is -2.37. The summed E-state index contributed by atoms with van der Waals surface area (Å²) in [7, 11) is 1.75. The van der Waals surface area contributed by atoms with Crippen LogP contribution < -0.4 is 10.6 Å². The summed E-state index contributed by atoms with van der Waals surface area (Å²) in [5.74, 6) is 3.21. The van der Waals surface area contributed by atoms with E-state index in [0.717, 1.165) is 42.6 Å². The maximum absolute atomic E-state index is 5.78. The lowest BCUT2D eigenvalue weighted by Gasteiger charge is -2.13. The molecule has 8 nitrogen and oxygen atoms in total. The Balaban J connectivity index is 1.43. The highest BCUT2D eigenvalue weighted by Crippen LogP contribution is 2.22. The van der Waals surface area contributed by atoms with Crippen LogP contribution in [-0.4, -0.2) is 39.1 Å². The predicted molar refractivity (Wildman–Crippen MR) is 105 cm³/mol. The summed E-state index contributed by atoms with van der Waals surface area (Å²) >= 11 is 0. The third-order valence-corrected chi connectivity index (χ3v) is 4.18. The maximum atomic E-state index is 5.78. The van der Waals surface area contributed by atoms with E-state index < -0.39 is 0 Å². The van der Waals surface area contributed by atoms with Gasteiger partial charge in [-0.2, -0.15) is 0 Å². The Morgan fingerprint density at radius 3 is 2.81 bits per heavy atom. The third kappa shape index (κ3) is 4.84. The number of guanidine groups is 1. The number of nitrogens with one attached hydrogen (secondary N) is 2. The summed E-state index contributed by atoms with van der Waals surface area (Å²) in [6.45, 7) is 7.57. The van der Waals surface area contributed by atoms with Crippen molar-refractivity contribution in [3.8, 4) is 0 Å². The number of hydrogen-bond acceptors (Lipinski definition) is 5. The topological polar surface area (TPSA) is 92.6 Å². The number of nitrogens with zero attached hydrogens (tertiary/aromatic N) is 5. The standard InChI is InChI=1S/C19H27N7O/c1-19(2,3)14-12-22-17(27-14)13-23-18(20-4)21-10-7-9-16-25-24-15-8-5-6-11-26(15)16/h5-6,8,11-12H,7,9-10,13H2,1-4H3,(H2,20,21,23). The quantitative estimate of drug-likeness (QED) is 0.393. The van der Waals surface area contributed by atoms with Crippen LogP contribution in [0.15, 0.2) is 40.0 Å². The van der Waals surface area contributed by atoms with Crippen molar-refractivity contribution in [1.82, 2.24) is 30.2 Å². The molecule has 0 amide bonds. The van der Waals surface area contributed by atoms with Gasteiger partial charge in [0.1, 0.15) is 11.6 Å². The highest BCUT2D eigenvalue weighted by Gasteiger charge is 2.19. The van der Waals surface area contributed by atoms with Crippen molar-refractivity contribution in [3.05, 3.63) is 48.1 Å². The Kier molecular flexibility index (Phi) is 5.73. The van der Waals surface area contributed by atoms with E-state index in [1.165, 1.54) is 0 Å². The molecule has 0 bridgehead atoms. The number of aryl methyl sites for hydroxylation is 1. The Morgan fingerprint density at radius 2 is 2.07 bits per heavy atom. The van der Waals surface area contributed by atoms with Gasteiger partial charge in [0.25, 0.3) is 0 Å². The van der Waals surface area contributed by atoms with Crippen LogP contribution in [0.5, 0.6) is 0 Å². The normalized spacial score (nSPS) is 12.5. The molecule has 0 aromatic carbocycles. The zero-order valence-electron chi connectivity index (χ0n) is 16.4. The van der Waals surface area contributed by atoms with Gasteiger partial charge in [0.05, 0.1) is 12.7 Å². The van der Waals surface area contributed by atoms with Crippen LogP contribution in [-0.2, 0) is 18.4 Å². The molecule has 0 aliphatic heterocycles. The van der Waals surface area contributed by atoms with Gasteiger partial charge in [-0.25, -0.2) is 4.98 Å². The van der Waals surface area contributed by atoms with Crippen LogP contribution in [0, 0.1) is 0 Å². The van der Waals surface area contributed by atoms with E-state index in [1.54, 1.807) is 13.2 Å². The molecular weight excluding hydrogens is 342 g/mol. The fourth-order valence-electron chi connectivity index (χ4n) is 2.63. The van der Waals surface area contributed by atoms with E-state index in [9.17, 15) is 0 Å². The Bertz CT molecular complexity index is 904. The first-order chi connectivity index (χ1) is 13.0. The summed E-state index contributed by atoms with van der Waals surface area (Å²) in [6.07, 6.45) is 5.53. The molecular formula is C19H27N7O. The molecule has 0 aliphatic rings. The molecule has 3 aromatic heterocycles. The molecule has 3 heterocycles. The van der Waals surface area contributed by atoms with Gasteiger partial charge in [-0.3, -0.25) is 9.39 Å². The van der Waals surface area contributed by atoms with Crippen molar-refractivity contribution in [3.63, 3.8) is 0 Å². The predicted octanol–water partition coefficient (Wildman–Crippen LogP) is 2.31. The highest BCUT2D eigenvalue weighted by atomic mass is 16.4. The number of pyridine rings is 1. The van der Waals surface area contributed by atoms with E-state index in [4.69, 9.17) is 4.42 Å². The minimum atomic E-state index is -0.0446. The van der Waals surface area contributed by atoms with E-state index in [1.807, 2.05) is 28.8 Å². The van der Waals surface area contributed by atoms with Crippen molar-refractivity contribution in [2.75, 3.05) is 13.6 Å². The lowest BCUT2D eigenvalue weighted by molar-refractivity contribution is 0.379. The zero-order valence-corrected chi connectivity index (χ0v) is 16.4. The second kappa shape index (κ2) is 8.20. The Hall–Kier alpha value is -2.90. The number of hydrogen-bond donors (Lipinski definition) is 2. The van der Waals surface area contributed by atoms with Crippen LogP contribution in [0.2, 0.25) is 0 Å². The molecule has 0 saturated heterocycles. The maximum Gasteiger partial charge on any atom is 0.213 e. The number of aliphatic imine (C=N–C) groups is 1. The Morgan fingerprint density at radius 1 is 1.22 bits per heavy atom. The summed E-state index contributed by atoms with van der Waals surface area (Å²) < 4.78 is 7.80. The average Bonchev–Trinajstić information content (AvgIpc) is 3.28. The van der Waals surface area contributed by atoms with Crippen molar-refractivity contribution < 1.29 is 4.42 Å². The molecule has 3 rings (SSSR count). The van der Waals surface area contributed by atoms with Crippen LogP contribution in [0.1, 0.15) is 44.7 Å². The smallest absolute Gasteiger partial charge is 0.213 e. The van der Waals surface area contributed by atoms with Gasteiger partial charge in [-0.1, -0.05) is 26.8 Å². The fraction of sp³-hybridized carbons (Fsp3) is 0.474. The molecule has 0 saturated carbocycles. The van der Waals surface area contributed by atoms with Gasteiger partial charge in [-0.15, -0.1) is 10.2 Å².